The Morgan fingerprint density at radius 2 is 2.00 bits per heavy atom. The summed E-state index contributed by atoms with van der Waals surface area (Å²) >= 11 is 0. The summed E-state index contributed by atoms with van der Waals surface area (Å²) in [5, 5.41) is 3.40. The van der Waals surface area contributed by atoms with Gasteiger partial charge in [0.05, 0.1) is 20.1 Å². The number of aryl methyl sites for hydroxylation is 1. The predicted octanol–water partition coefficient (Wildman–Crippen LogP) is 1.94. The number of aliphatic imine (C=N–C) groups is 1. The third kappa shape index (κ3) is 5.11. The van der Waals surface area contributed by atoms with Gasteiger partial charge in [0, 0.05) is 26.7 Å². The lowest BCUT2D eigenvalue weighted by molar-refractivity contribution is -0.145. The Kier molecular flexibility index (Phi) is 7.10. The molecule has 1 heterocycles. The fourth-order valence-electron chi connectivity index (χ4n) is 3.22. The molecule has 138 valence electrons. The van der Waals surface area contributed by atoms with Gasteiger partial charge in [-0.25, -0.2) is 0 Å². The Hall–Kier alpha value is -2.24. The molecule has 0 saturated carbocycles. The van der Waals surface area contributed by atoms with Gasteiger partial charge in [0.2, 0.25) is 0 Å². The summed E-state index contributed by atoms with van der Waals surface area (Å²) in [7, 11) is 4.90. The number of nitrogens with zero attached hydrogens (tertiary/aromatic N) is 2. The maximum Gasteiger partial charge on any atom is 0.310 e. The number of carbonyl (C=O) groups is 1. The summed E-state index contributed by atoms with van der Waals surface area (Å²) in [6, 6.07) is 8.16. The van der Waals surface area contributed by atoms with E-state index in [0.717, 1.165) is 37.6 Å². The lowest BCUT2D eigenvalue weighted by Gasteiger charge is -2.21. The fraction of sp³-hybridized carbons (Fsp3) is 0.579. The standard InChI is InChI=1S/C19H29N3O3/c1-14-12-22(13-17(14)18(23)25-4)19(20-2)21-11-5-6-15-7-9-16(24-3)10-8-15/h7-10,14,17H,5-6,11-13H2,1-4H3,(H,20,21). The van der Waals surface area contributed by atoms with Crippen molar-refractivity contribution in [2.45, 2.75) is 19.8 Å². The zero-order valence-corrected chi connectivity index (χ0v) is 15.6. The van der Waals surface area contributed by atoms with Gasteiger partial charge in [0.1, 0.15) is 5.75 Å². The molecular weight excluding hydrogens is 318 g/mol. The summed E-state index contributed by atoms with van der Waals surface area (Å²) in [4.78, 5) is 18.3. The third-order valence-corrected chi connectivity index (χ3v) is 4.71. The highest BCUT2D eigenvalue weighted by Crippen LogP contribution is 2.24. The predicted molar refractivity (Wildman–Crippen MR) is 98.9 cm³/mol. The number of esters is 1. The number of methoxy groups -OCH3 is 2. The molecule has 6 nitrogen and oxygen atoms in total. The molecule has 2 unspecified atom stereocenters. The van der Waals surface area contributed by atoms with Crippen LogP contribution in [0.5, 0.6) is 5.75 Å². The fourth-order valence-corrected chi connectivity index (χ4v) is 3.22. The van der Waals surface area contributed by atoms with Crippen molar-refractivity contribution >= 4 is 11.9 Å². The van der Waals surface area contributed by atoms with Crippen molar-refractivity contribution in [3.63, 3.8) is 0 Å². The summed E-state index contributed by atoms with van der Waals surface area (Å²) < 4.78 is 10.1. The minimum atomic E-state index is -0.134. The number of carbonyl (C=O) groups excluding carboxylic acids is 1. The van der Waals surface area contributed by atoms with Crippen LogP contribution in [-0.2, 0) is 16.0 Å². The maximum absolute atomic E-state index is 11.8. The average Bonchev–Trinajstić information content (AvgIpc) is 3.03. The van der Waals surface area contributed by atoms with E-state index in [4.69, 9.17) is 9.47 Å². The minimum Gasteiger partial charge on any atom is -0.497 e. The van der Waals surface area contributed by atoms with Gasteiger partial charge < -0.3 is 19.7 Å². The first kappa shape index (κ1) is 19.1. The van der Waals surface area contributed by atoms with Gasteiger partial charge in [0.15, 0.2) is 5.96 Å². The summed E-state index contributed by atoms with van der Waals surface area (Å²) in [6.07, 6.45) is 2.00. The smallest absolute Gasteiger partial charge is 0.310 e. The van der Waals surface area contributed by atoms with Crippen LogP contribution < -0.4 is 10.1 Å². The van der Waals surface area contributed by atoms with E-state index in [-0.39, 0.29) is 17.8 Å². The van der Waals surface area contributed by atoms with E-state index in [0.29, 0.717) is 6.54 Å². The molecule has 0 aromatic heterocycles. The minimum absolute atomic E-state index is 0.0807. The molecule has 1 N–H and O–H groups in total. The Labute approximate surface area is 150 Å². The highest BCUT2D eigenvalue weighted by molar-refractivity contribution is 5.82. The average molecular weight is 347 g/mol. The van der Waals surface area contributed by atoms with Crippen LogP contribution in [0.25, 0.3) is 0 Å². The van der Waals surface area contributed by atoms with E-state index in [2.05, 4.69) is 34.3 Å². The zero-order valence-electron chi connectivity index (χ0n) is 15.6. The normalized spacial score (nSPS) is 20.5. The van der Waals surface area contributed by atoms with Crippen molar-refractivity contribution in [2.75, 3.05) is 40.9 Å². The zero-order chi connectivity index (χ0) is 18.2. The van der Waals surface area contributed by atoms with Crippen molar-refractivity contribution in [3.05, 3.63) is 29.8 Å². The molecule has 1 aliphatic rings. The number of benzene rings is 1. The molecule has 25 heavy (non-hydrogen) atoms. The van der Waals surface area contributed by atoms with E-state index >= 15 is 0 Å². The van der Waals surface area contributed by atoms with Crippen LogP contribution in [0.4, 0.5) is 0 Å². The second kappa shape index (κ2) is 9.30. The molecule has 2 atom stereocenters. The van der Waals surface area contributed by atoms with Crippen LogP contribution >= 0.6 is 0 Å². The molecule has 1 aliphatic heterocycles. The lowest BCUT2D eigenvalue weighted by atomic mass is 9.99. The largest absolute Gasteiger partial charge is 0.497 e. The number of rotatable bonds is 6. The molecule has 0 bridgehead atoms. The number of guanidine groups is 1. The Bertz CT molecular complexity index is 586. The molecule has 0 radical (unpaired) electrons. The second-order valence-electron chi connectivity index (χ2n) is 6.44. The first-order valence-corrected chi connectivity index (χ1v) is 8.75. The number of nitrogens with one attached hydrogen (secondary N) is 1. The highest BCUT2D eigenvalue weighted by Gasteiger charge is 2.36. The van der Waals surface area contributed by atoms with E-state index < -0.39 is 0 Å². The number of likely N-dealkylation sites (tertiary alicyclic amines) is 1. The first-order chi connectivity index (χ1) is 12.1. The van der Waals surface area contributed by atoms with Crippen molar-refractivity contribution in [1.82, 2.24) is 10.2 Å². The van der Waals surface area contributed by atoms with Crippen molar-refractivity contribution in [1.29, 1.82) is 0 Å². The second-order valence-corrected chi connectivity index (χ2v) is 6.44. The number of ether oxygens (including phenoxy) is 2. The van der Waals surface area contributed by atoms with Crippen LogP contribution in [-0.4, -0.2) is 57.7 Å². The van der Waals surface area contributed by atoms with E-state index in [1.165, 1.54) is 12.7 Å². The highest BCUT2D eigenvalue weighted by atomic mass is 16.5. The maximum atomic E-state index is 11.8. The molecule has 1 saturated heterocycles. The topological polar surface area (TPSA) is 63.2 Å². The van der Waals surface area contributed by atoms with Gasteiger partial charge in [-0.05, 0) is 36.5 Å². The van der Waals surface area contributed by atoms with Crippen LogP contribution in [0.3, 0.4) is 0 Å². The molecule has 0 aliphatic carbocycles. The van der Waals surface area contributed by atoms with E-state index in [1.54, 1.807) is 14.2 Å². The lowest BCUT2D eigenvalue weighted by Crippen LogP contribution is -2.41. The van der Waals surface area contributed by atoms with Crippen LogP contribution in [0, 0.1) is 11.8 Å². The van der Waals surface area contributed by atoms with E-state index in [9.17, 15) is 4.79 Å². The van der Waals surface area contributed by atoms with Crippen LogP contribution in [0.15, 0.2) is 29.3 Å². The van der Waals surface area contributed by atoms with Gasteiger partial charge in [-0.2, -0.15) is 0 Å². The number of hydrogen-bond donors (Lipinski definition) is 1. The van der Waals surface area contributed by atoms with Gasteiger partial charge in [-0.3, -0.25) is 9.79 Å². The molecule has 0 amide bonds. The Morgan fingerprint density at radius 1 is 1.28 bits per heavy atom. The van der Waals surface area contributed by atoms with Gasteiger partial charge in [-0.15, -0.1) is 0 Å². The van der Waals surface area contributed by atoms with Crippen molar-refractivity contribution in [3.8, 4) is 5.75 Å². The SMILES string of the molecule is CN=C(NCCCc1ccc(OC)cc1)N1CC(C)C(C(=O)OC)C1. The summed E-state index contributed by atoms with van der Waals surface area (Å²) in [5.41, 5.74) is 1.29. The molecule has 2 rings (SSSR count). The molecule has 1 fully saturated rings. The summed E-state index contributed by atoms with van der Waals surface area (Å²) in [6.45, 7) is 4.40. The van der Waals surface area contributed by atoms with E-state index in [1.807, 2.05) is 12.1 Å². The quantitative estimate of drug-likeness (QED) is 0.369. The Balaban J connectivity index is 1.78. The summed E-state index contributed by atoms with van der Waals surface area (Å²) in [5.74, 6) is 1.79. The Morgan fingerprint density at radius 3 is 2.60 bits per heavy atom. The first-order valence-electron chi connectivity index (χ1n) is 8.75. The molecule has 1 aromatic carbocycles. The monoisotopic (exact) mass is 347 g/mol. The van der Waals surface area contributed by atoms with Crippen molar-refractivity contribution < 1.29 is 14.3 Å². The van der Waals surface area contributed by atoms with Crippen molar-refractivity contribution in [2.24, 2.45) is 16.8 Å². The van der Waals surface area contributed by atoms with Gasteiger partial charge in [0.25, 0.3) is 0 Å². The van der Waals surface area contributed by atoms with Crippen LogP contribution in [0.1, 0.15) is 18.9 Å². The van der Waals surface area contributed by atoms with Gasteiger partial charge >= 0.3 is 5.97 Å². The third-order valence-electron chi connectivity index (χ3n) is 4.71. The molecule has 0 spiro atoms. The van der Waals surface area contributed by atoms with Crippen LogP contribution in [0.2, 0.25) is 0 Å². The molecule has 6 heteroatoms. The number of hydrogen-bond acceptors (Lipinski definition) is 4. The van der Waals surface area contributed by atoms with Gasteiger partial charge in [-0.1, -0.05) is 19.1 Å². The molecular formula is C19H29N3O3. The molecule has 1 aromatic rings.